The SMILES string of the molecule is C=CCOc1cc2c3c(c(OCC=C)cc4c3c1C(=O)N(C1CCCCC1)C4=O)C(=O)N(C1CCCCC1)C2=O. The maximum Gasteiger partial charge on any atom is 0.265 e. The zero-order chi connectivity index (χ0) is 28.0. The summed E-state index contributed by atoms with van der Waals surface area (Å²) in [5.41, 5.74) is 0.915. The Balaban J connectivity index is 1.63. The summed E-state index contributed by atoms with van der Waals surface area (Å²) in [4.78, 5) is 59.1. The molecule has 0 unspecified atom stereocenters. The number of benzene rings is 2. The van der Waals surface area contributed by atoms with Crippen molar-refractivity contribution in [1.82, 2.24) is 9.80 Å². The number of carbonyl (C=O) groups excluding carboxylic acids is 4. The number of carbonyl (C=O) groups is 4. The third kappa shape index (κ3) is 4.03. The van der Waals surface area contributed by atoms with E-state index in [-0.39, 0.29) is 59.1 Å². The van der Waals surface area contributed by atoms with Crippen molar-refractivity contribution in [3.8, 4) is 11.5 Å². The number of amides is 4. The van der Waals surface area contributed by atoms with Crippen LogP contribution in [-0.2, 0) is 0 Å². The number of imide groups is 2. The van der Waals surface area contributed by atoms with E-state index in [0.717, 1.165) is 64.2 Å². The monoisotopic (exact) mass is 542 g/mol. The normalized spacial score (nSPS) is 19.8. The minimum atomic E-state index is -0.449. The van der Waals surface area contributed by atoms with E-state index >= 15 is 0 Å². The van der Waals surface area contributed by atoms with Gasteiger partial charge in [-0.3, -0.25) is 29.0 Å². The molecule has 2 saturated carbocycles. The number of nitrogens with zero attached hydrogens (tertiary/aromatic N) is 2. The van der Waals surface area contributed by atoms with Gasteiger partial charge in [0.15, 0.2) is 0 Å². The van der Waals surface area contributed by atoms with Gasteiger partial charge in [0.1, 0.15) is 24.7 Å². The van der Waals surface area contributed by atoms with Gasteiger partial charge in [0, 0.05) is 22.9 Å². The first-order valence-electron chi connectivity index (χ1n) is 14.4. The molecule has 0 N–H and O–H groups in total. The molecule has 0 aromatic heterocycles. The molecule has 4 aliphatic rings. The summed E-state index contributed by atoms with van der Waals surface area (Å²) < 4.78 is 12.0. The van der Waals surface area contributed by atoms with Gasteiger partial charge < -0.3 is 9.47 Å². The van der Waals surface area contributed by atoms with Gasteiger partial charge in [-0.25, -0.2) is 0 Å². The van der Waals surface area contributed by atoms with Gasteiger partial charge in [0.05, 0.1) is 22.3 Å². The Bertz CT molecular complexity index is 1340. The van der Waals surface area contributed by atoms with Crippen LogP contribution in [0.1, 0.15) is 106 Å². The van der Waals surface area contributed by atoms with Crippen LogP contribution in [0.25, 0.3) is 10.8 Å². The van der Waals surface area contributed by atoms with E-state index < -0.39 is 23.6 Å². The predicted octanol–water partition coefficient (Wildman–Crippen LogP) is 5.83. The minimum absolute atomic E-state index is 0.116. The lowest BCUT2D eigenvalue weighted by Crippen LogP contribution is -2.50. The molecule has 4 amide bonds. The molecule has 0 atom stereocenters. The van der Waals surface area contributed by atoms with E-state index in [1.807, 2.05) is 0 Å². The van der Waals surface area contributed by atoms with Crippen LogP contribution < -0.4 is 9.47 Å². The Morgan fingerprint density at radius 3 is 1.35 bits per heavy atom. The summed E-state index contributed by atoms with van der Waals surface area (Å²) in [7, 11) is 0. The fourth-order valence-electron chi connectivity index (χ4n) is 6.90. The van der Waals surface area contributed by atoms with Gasteiger partial charge in [-0.1, -0.05) is 63.8 Å². The molecule has 2 aliphatic carbocycles. The fraction of sp³-hybridized carbons (Fsp3) is 0.438. The van der Waals surface area contributed by atoms with Crippen LogP contribution in [0.15, 0.2) is 37.4 Å². The lowest BCUT2D eigenvalue weighted by atomic mass is 9.82. The highest BCUT2D eigenvalue weighted by Gasteiger charge is 2.46. The van der Waals surface area contributed by atoms with Crippen molar-refractivity contribution in [2.24, 2.45) is 0 Å². The maximum atomic E-state index is 14.1. The lowest BCUT2D eigenvalue weighted by molar-refractivity contribution is 0.0476. The molecule has 2 fully saturated rings. The molecule has 2 aliphatic heterocycles. The van der Waals surface area contributed by atoms with Crippen molar-refractivity contribution in [3.63, 3.8) is 0 Å². The maximum absolute atomic E-state index is 14.1. The number of ether oxygens (including phenoxy) is 2. The van der Waals surface area contributed by atoms with Gasteiger partial charge in [0.25, 0.3) is 23.6 Å². The predicted molar refractivity (Wildman–Crippen MR) is 150 cm³/mol. The van der Waals surface area contributed by atoms with Gasteiger partial charge in [-0.05, 0) is 37.8 Å². The largest absolute Gasteiger partial charge is 0.489 e. The average Bonchev–Trinajstić information content (AvgIpc) is 2.97. The first-order chi connectivity index (χ1) is 19.5. The second-order valence-corrected chi connectivity index (χ2v) is 11.1. The number of rotatable bonds is 8. The molecule has 0 radical (unpaired) electrons. The van der Waals surface area contributed by atoms with Crippen molar-refractivity contribution in [2.45, 2.75) is 76.3 Å². The molecule has 40 heavy (non-hydrogen) atoms. The highest BCUT2D eigenvalue weighted by molar-refractivity contribution is 6.35. The molecule has 6 rings (SSSR count). The van der Waals surface area contributed by atoms with Gasteiger partial charge in [-0.15, -0.1) is 0 Å². The Kier molecular flexibility index (Phi) is 6.94. The van der Waals surface area contributed by atoms with Crippen LogP contribution in [0.4, 0.5) is 0 Å². The standard InChI is InChI=1S/C32H34N2O6/c1-3-15-39-23-17-21-26-25-22(30(36)33(31(37)27(23)25)19-11-7-5-8-12-19)18-24(40-16-4-2)28(26)32(38)34(29(21)35)20-13-9-6-10-14-20/h3-4,17-20H,1-2,5-16H2. The van der Waals surface area contributed by atoms with Crippen molar-refractivity contribution in [2.75, 3.05) is 13.2 Å². The topological polar surface area (TPSA) is 93.2 Å². The summed E-state index contributed by atoms with van der Waals surface area (Å²) in [6.45, 7) is 7.70. The first kappa shape index (κ1) is 26.3. The van der Waals surface area contributed by atoms with E-state index in [9.17, 15) is 19.2 Å². The van der Waals surface area contributed by atoms with Crippen LogP contribution >= 0.6 is 0 Å². The summed E-state index contributed by atoms with van der Waals surface area (Å²) in [6, 6.07) is 2.70. The van der Waals surface area contributed by atoms with Gasteiger partial charge in [0.2, 0.25) is 0 Å². The second kappa shape index (κ2) is 10.6. The Hall–Kier alpha value is -3.94. The van der Waals surface area contributed by atoms with Crippen molar-refractivity contribution >= 4 is 34.4 Å². The Morgan fingerprint density at radius 1 is 0.625 bits per heavy atom. The summed E-state index contributed by atoms with van der Waals surface area (Å²) in [5.74, 6) is -1.31. The van der Waals surface area contributed by atoms with Crippen LogP contribution in [0.2, 0.25) is 0 Å². The van der Waals surface area contributed by atoms with Crippen LogP contribution in [0, 0.1) is 0 Å². The summed E-state index contributed by atoms with van der Waals surface area (Å²) >= 11 is 0. The summed E-state index contributed by atoms with van der Waals surface area (Å²) in [5, 5.41) is 0.592. The van der Waals surface area contributed by atoms with Crippen molar-refractivity contribution in [3.05, 3.63) is 59.7 Å². The smallest absolute Gasteiger partial charge is 0.265 e. The zero-order valence-corrected chi connectivity index (χ0v) is 22.7. The van der Waals surface area contributed by atoms with Crippen LogP contribution in [0.5, 0.6) is 11.5 Å². The molecule has 0 saturated heterocycles. The number of hydrogen-bond acceptors (Lipinski definition) is 6. The highest BCUT2D eigenvalue weighted by atomic mass is 16.5. The third-order valence-corrected chi connectivity index (χ3v) is 8.69. The Morgan fingerprint density at radius 2 is 1.00 bits per heavy atom. The molecule has 0 spiro atoms. The minimum Gasteiger partial charge on any atom is -0.489 e. The molecule has 208 valence electrons. The van der Waals surface area contributed by atoms with Gasteiger partial charge in [-0.2, -0.15) is 0 Å². The average molecular weight is 543 g/mol. The number of hydrogen-bond donors (Lipinski definition) is 0. The van der Waals surface area contributed by atoms with Crippen molar-refractivity contribution in [1.29, 1.82) is 0 Å². The van der Waals surface area contributed by atoms with E-state index in [1.165, 1.54) is 9.80 Å². The van der Waals surface area contributed by atoms with E-state index in [1.54, 1.807) is 24.3 Å². The quantitative estimate of drug-likeness (QED) is 0.308. The van der Waals surface area contributed by atoms with E-state index in [2.05, 4.69) is 13.2 Å². The van der Waals surface area contributed by atoms with Crippen LogP contribution in [0.3, 0.4) is 0 Å². The highest BCUT2D eigenvalue weighted by Crippen LogP contribution is 2.47. The fourth-order valence-corrected chi connectivity index (χ4v) is 6.90. The molecule has 8 nitrogen and oxygen atoms in total. The molecule has 0 bridgehead atoms. The summed E-state index contributed by atoms with van der Waals surface area (Å²) in [6.07, 6.45) is 12.0. The van der Waals surface area contributed by atoms with Gasteiger partial charge >= 0.3 is 0 Å². The van der Waals surface area contributed by atoms with Crippen molar-refractivity contribution < 1.29 is 28.7 Å². The molecule has 2 aromatic carbocycles. The molecule has 8 heteroatoms. The third-order valence-electron chi connectivity index (χ3n) is 8.69. The van der Waals surface area contributed by atoms with Crippen LogP contribution in [-0.4, -0.2) is 58.7 Å². The van der Waals surface area contributed by atoms with E-state index in [4.69, 9.17) is 9.47 Å². The Labute approximate surface area is 233 Å². The molecule has 2 aromatic rings. The van der Waals surface area contributed by atoms with E-state index in [0.29, 0.717) is 10.8 Å². The second-order valence-electron chi connectivity index (χ2n) is 11.1. The molecular formula is C32H34N2O6. The zero-order valence-electron chi connectivity index (χ0n) is 22.7. The first-order valence-corrected chi connectivity index (χ1v) is 14.4. The molecule has 2 heterocycles. The lowest BCUT2D eigenvalue weighted by Gasteiger charge is -2.39. The molecular weight excluding hydrogens is 508 g/mol.